The highest BCUT2D eigenvalue weighted by Gasteiger charge is 1.98. The van der Waals surface area contributed by atoms with E-state index in [0.29, 0.717) is 15.7 Å². The molecule has 1 aromatic rings. The van der Waals surface area contributed by atoms with E-state index in [2.05, 4.69) is 5.32 Å². The molecule has 3 nitrogen and oxygen atoms in total. The molecule has 0 aliphatic heterocycles. The summed E-state index contributed by atoms with van der Waals surface area (Å²) in [5.41, 5.74) is 1.17. The summed E-state index contributed by atoms with van der Waals surface area (Å²) in [5, 5.41) is 2.67. The van der Waals surface area contributed by atoms with Crippen molar-refractivity contribution in [2.75, 3.05) is 9.74 Å². The molecule has 13 heavy (non-hydrogen) atoms. The second-order valence-electron chi connectivity index (χ2n) is 2.36. The van der Waals surface area contributed by atoms with Gasteiger partial charge in [0.2, 0.25) is 12.2 Å². The van der Waals surface area contributed by atoms with Gasteiger partial charge in [-0.3, -0.25) is 9.59 Å². The van der Waals surface area contributed by atoms with Gasteiger partial charge in [0.25, 0.3) is 0 Å². The van der Waals surface area contributed by atoms with Crippen LogP contribution < -0.4 is 5.32 Å². The van der Waals surface area contributed by atoms with E-state index in [9.17, 15) is 9.59 Å². The summed E-state index contributed by atoms with van der Waals surface area (Å²) in [4.78, 5) is 21.1. The quantitative estimate of drug-likeness (QED) is 0.677. The van der Waals surface area contributed by atoms with Crippen molar-refractivity contribution in [1.82, 2.24) is 0 Å². The topological polar surface area (TPSA) is 46.2 Å². The molecule has 0 heterocycles. The molecule has 4 heteroatoms. The number of alkyl halides is 1. The smallest absolute Gasteiger partial charge is 0.234 e. The Balaban J connectivity index is 2.69. The first-order valence-corrected chi connectivity index (χ1v) is 5.13. The van der Waals surface area contributed by atoms with Crippen LogP contribution in [-0.2, 0) is 9.59 Å². The van der Waals surface area contributed by atoms with Crippen LogP contribution in [0.3, 0.4) is 0 Å². The Bertz CT molecular complexity index is 308. The zero-order chi connectivity index (χ0) is 9.68. The number of carbonyl (C=O) groups is 1. The van der Waals surface area contributed by atoms with Crippen LogP contribution in [0.4, 0.5) is 5.69 Å². The molecule has 0 aliphatic rings. The lowest BCUT2D eigenvalue weighted by Gasteiger charge is -2.01. The van der Waals surface area contributed by atoms with Crippen molar-refractivity contribution >= 4 is 40.5 Å². The number of amides is 1. The second kappa shape index (κ2) is 4.96. The predicted molar refractivity (Wildman–Crippen MR) is 58.8 cm³/mol. The molecular weight excluding hydrogens is 281 g/mol. The van der Waals surface area contributed by atoms with Gasteiger partial charge in [-0.25, -0.2) is 0 Å². The van der Waals surface area contributed by atoms with Crippen molar-refractivity contribution in [3.05, 3.63) is 29.8 Å². The van der Waals surface area contributed by atoms with E-state index in [1.165, 1.54) is 0 Å². The minimum absolute atomic E-state index is 0.0524. The van der Waals surface area contributed by atoms with Crippen molar-refractivity contribution in [3.63, 3.8) is 0 Å². The average molecular weight is 288 g/mol. The van der Waals surface area contributed by atoms with Gasteiger partial charge in [0, 0.05) is 11.3 Å². The maximum atomic E-state index is 10.9. The standard InChI is InChI=1S/C9H7INO2/c10-5-9(13)11-8-3-1-7(6-12)2-4-8/h1-4H,5H2,(H,11,13). The number of hydrogen-bond donors (Lipinski definition) is 1. The lowest BCUT2D eigenvalue weighted by atomic mass is 10.2. The highest BCUT2D eigenvalue weighted by atomic mass is 127. The lowest BCUT2D eigenvalue weighted by Crippen LogP contribution is -2.11. The highest BCUT2D eigenvalue weighted by molar-refractivity contribution is 14.1. The lowest BCUT2D eigenvalue weighted by molar-refractivity contribution is -0.113. The predicted octanol–water partition coefficient (Wildman–Crippen LogP) is 1.52. The molecular formula is C9H7INO2. The minimum Gasteiger partial charge on any atom is -0.325 e. The number of anilines is 1. The van der Waals surface area contributed by atoms with E-state index >= 15 is 0 Å². The fourth-order valence-electron chi connectivity index (χ4n) is 0.816. The van der Waals surface area contributed by atoms with E-state index in [1.807, 2.05) is 22.6 Å². The molecule has 67 valence electrons. The van der Waals surface area contributed by atoms with Crippen molar-refractivity contribution in [2.24, 2.45) is 0 Å². The fourth-order valence-corrected chi connectivity index (χ4v) is 1.01. The Morgan fingerprint density at radius 2 is 2.00 bits per heavy atom. The first-order chi connectivity index (χ1) is 6.26. The van der Waals surface area contributed by atoms with Crippen LogP contribution in [0, 0.1) is 0 Å². The minimum atomic E-state index is -0.0524. The van der Waals surface area contributed by atoms with Gasteiger partial charge in [-0.15, -0.1) is 0 Å². The van der Waals surface area contributed by atoms with E-state index in [1.54, 1.807) is 30.6 Å². The molecule has 0 unspecified atom stereocenters. The van der Waals surface area contributed by atoms with Gasteiger partial charge in [0.1, 0.15) is 0 Å². The highest BCUT2D eigenvalue weighted by Crippen LogP contribution is 2.07. The molecule has 1 amide bonds. The molecule has 0 bridgehead atoms. The largest absolute Gasteiger partial charge is 0.325 e. The summed E-state index contributed by atoms with van der Waals surface area (Å²) < 4.78 is 0.416. The van der Waals surface area contributed by atoms with Gasteiger partial charge < -0.3 is 5.32 Å². The SMILES string of the molecule is O=[C]c1ccc(NC(=O)CI)cc1. The summed E-state index contributed by atoms with van der Waals surface area (Å²) >= 11 is 1.98. The Hall–Kier alpha value is -0.910. The van der Waals surface area contributed by atoms with Crippen molar-refractivity contribution < 1.29 is 9.59 Å². The number of benzene rings is 1. The van der Waals surface area contributed by atoms with Crippen molar-refractivity contribution in [2.45, 2.75) is 0 Å². The zero-order valence-corrected chi connectivity index (χ0v) is 8.87. The van der Waals surface area contributed by atoms with Gasteiger partial charge in [-0.1, -0.05) is 22.6 Å². The second-order valence-corrected chi connectivity index (χ2v) is 3.12. The molecule has 0 saturated heterocycles. The number of rotatable bonds is 3. The van der Waals surface area contributed by atoms with E-state index in [4.69, 9.17) is 0 Å². The summed E-state index contributed by atoms with van der Waals surface area (Å²) in [7, 11) is 0. The first kappa shape index (κ1) is 10.2. The molecule has 1 N–H and O–H groups in total. The van der Waals surface area contributed by atoms with Crippen LogP contribution >= 0.6 is 22.6 Å². The van der Waals surface area contributed by atoms with Gasteiger partial charge in [0.05, 0.1) is 4.43 Å². The molecule has 1 radical (unpaired) electrons. The molecule has 0 saturated carbocycles. The van der Waals surface area contributed by atoms with E-state index in [-0.39, 0.29) is 5.91 Å². The summed E-state index contributed by atoms with van der Waals surface area (Å²) in [6.07, 6.45) is 1.76. The Morgan fingerprint density at radius 3 is 2.46 bits per heavy atom. The summed E-state index contributed by atoms with van der Waals surface area (Å²) in [5.74, 6) is -0.0524. The maximum absolute atomic E-state index is 10.9. The van der Waals surface area contributed by atoms with Gasteiger partial charge in [-0.2, -0.15) is 0 Å². The maximum Gasteiger partial charge on any atom is 0.234 e. The Labute approximate surface area is 89.7 Å². The van der Waals surface area contributed by atoms with Gasteiger partial charge >= 0.3 is 0 Å². The molecule has 1 aromatic carbocycles. The molecule has 0 aliphatic carbocycles. The number of hydrogen-bond acceptors (Lipinski definition) is 2. The average Bonchev–Trinajstić information content (AvgIpc) is 2.19. The third-order valence-electron chi connectivity index (χ3n) is 1.41. The summed E-state index contributed by atoms with van der Waals surface area (Å²) in [6, 6.07) is 6.56. The Kier molecular flexibility index (Phi) is 3.88. The normalized spacial score (nSPS) is 9.31. The van der Waals surface area contributed by atoms with E-state index in [0.717, 1.165) is 0 Å². The van der Waals surface area contributed by atoms with Crippen molar-refractivity contribution in [3.8, 4) is 0 Å². The van der Waals surface area contributed by atoms with Crippen LogP contribution in [0.25, 0.3) is 0 Å². The fraction of sp³-hybridized carbons (Fsp3) is 0.111. The zero-order valence-electron chi connectivity index (χ0n) is 6.71. The Morgan fingerprint density at radius 1 is 1.38 bits per heavy atom. The molecule has 0 atom stereocenters. The molecule has 0 fully saturated rings. The third kappa shape index (κ3) is 3.14. The third-order valence-corrected chi connectivity index (χ3v) is 2.10. The summed E-state index contributed by atoms with van der Waals surface area (Å²) in [6.45, 7) is 0. The van der Waals surface area contributed by atoms with Gasteiger partial charge in [-0.05, 0) is 24.3 Å². The molecule has 0 aromatic heterocycles. The number of carbonyl (C=O) groups excluding carboxylic acids is 2. The van der Waals surface area contributed by atoms with Crippen LogP contribution in [0.15, 0.2) is 24.3 Å². The molecule has 0 spiro atoms. The van der Waals surface area contributed by atoms with Gasteiger partial charge in [0.15, 0.2) is 0 Å². The van der Waals surface area contributed by atoms with Crippen LogP contribution in [0.5, 0.6) is 0 Å². The first-order valence-electron chi connectivity index (χ1n) is 3.60. The number of halogens is 1. The van der Waals surface area contributed by atoms with Crippen LogP contribution in [0.2, 0.25) is 0 Å². The number of nitrogens with one attached hydrogen (secondary N) is 1. The molecule has 1 rings (SSSR count). The van der Waals surface area contributed by atoms with Crippen LogP contribution in [-0.4, -0.2) is 16.6 Å². The van der Waals surface area contributed by atoms with E-state index < -0.39 is 0 Å². The van der Waals surface area contributed by atoms with Crippen molar-refractivity contribution in [1.29, 1.82) is 0 Å². The monoisotopic (exact) mass is 288 g/mol. The van der Waals surface area contributed by atoms with Crippen LogP contribution in [0.1, 0.15) is 5.56 Å².